The van der Waals surface area contributed by atoms with E-state index in [1.54, 1.807) is 13.0 Å². The van der Waals surface area contributed by atoms with Crippen LogP contribution in [0, 0.1) is 6.92 Å². The minimum atomic E-state index is -0.129. The Morgan fingerprint density at radius 3 is 2.96 bits per heavy atom. The third-order valence-corrected chi connectivity index (χ3v) is 4.68. The van der Waals surface area contributed by atoms with E-state index < -0.39 is 0 Å². The quantitative estimate of drug-likeness (QED) is 0.783. The number of hydrogen-bond acceptors (Lipinski definition) is 5. The maximum Gasteiger partial charge on any atom is 0.251 e. The molecule has 0 saturated carbocycles. The molecule has 1 aliphatic rings. The summed E-state index contributed by atoms with van der Waals surface area (Å²) in [5.74, 6) is 1.62. The number of nitrogens with one attached hydrogen (secondary N) is 1. The molecule has 1 saturated heterocycles. The van der Waals surface area contributed by atoms with Gasteiger partial charge < -0.3 is 14.3 Å². The lowest BCUT2D eigenvalue weighted by Crippen LogP contribution is -2.40. The number of aryl methyl sites for hydroxylation is 2. The first-order chi connectivity index (χ1) is 12.1. The van der Waals surface area contributed by atoms with Crippen LogP contribution < -0.4 is 5.56 Å². The third-order valence-electron chi connectivity index (χ3n) is 4.68. The molecule has 0 amide bonds. The van der Waals surface area contributed by atoms with E-state index in [2.05, 4.69) is 25.5 Å². The van der Waals surface area contributed by atoms with Gasteiger partial charge in [-0.25, -0.2) is 9.97 Å². The molecule has 4 rings (SSSR count). The first kappa shape index (κ1) is 16.0. The van der Waals surface area contributed by atoms with Gasteiger partial charge in [-0.15, -0.1) is 0 Å². The van der Waals surface area contributed by atoms with Gasteiger partial charge in [0.1, 0.15) is 11.6 Å². The Kier molecular flexibility index (Phi) is 4.10. The summed E-state index contributed by atoms with van der Waals surface area (Å²) in [5, 5.41) is 0. The van der Waals surface area contributed by atoms with Gasteiger partial charge >= 0.3 is 0 Å². The average molecular weight is 339 g/mol. The summed E-state index contributed by atoms with van der Waals surface area (Å²) in [6, 6.07) is 9.64. The maximum atomic E-state index is 11.8. The zero-order chi connectivity index (χ0) is 17.4. The normalized spacial score (nSPS) is 18.7. The fraction of sp³-hybridized carbons (Fsp3) is 0.389. The Morgan fingerprint density at radius 2 is 2.16 bits per heavy atom. The van der Waals surface area contributed by atoms with Gasteiger partial charge in [0.05, 0.1) is 42.5 Å². The van der Waals surface area contributed by atoms with E-state index in [-0.39, 0.29) is 11.6 Å². The molecule has 1 fully saturated rings. The molecule has 2 aromatic heterocycles. The standard InChI is InChI=1S/C18H21N5O2/c1-12-19-14(9-18(24)20-12)16-11-25-8-7-23(16)10-17-21-13-5-3-4-6-15(13)22(17)2/h3-6,9,16H,7-8,10-11H2,1-2H3,(H,19,20,24)/t16-/m1/s1. The van der Waals surface area contributed by atoms with Crippen LogP contribution in [0.3, 0.4) is 0 Å². The summed E-state index contributed by atoms with van der Waals surface area (Å²) in [5.41, 5.74) is 2.73. The molecule has 0 radical (unpaired) electrons. The highest BCUT2D eigenvalue weighted by Crippen LogP contribution is 2.25. The van der Waals surface area contributed by atoms with E-state index >= 15 is 0 Å². The van der Waals surface area contributed by atoms with Crippen molar-refractivity contribution in [3.63, 3.8) is 0 Å². The molecule has 130 valence electrons. The number of aromatic nitrogens is 4. The van der Waals surface area contributed by atoms with Crippen LogP contribution in [-0.2, 0) is 18.3 Å². The zero-order valence-corrected chi connectivity index (χ0v) is 14.4. The van der Waals surface area contributed by atoms with Crippen molar-refractivity contribution in [3.05, 3.63) is 58.0 Å². The van der Waals surface area contributed by atoms with Gasteiger partial charge in [0.2, 0.25) is 0 Å². The van der Waals surface area contributed by atoms with Gasteiger partial charge in [0.15, 0.2) is 0 Å². The number of H-pyrrole nitrogens is 1. The number of nitrogens with zero attached hydrogens (tertiary/aromatic N) is 4. The van der Waals surface area contributed by atoms with Crippen LogP contribution in [0.2, 0.25) is 0 Å². The Labute approximate surface area is 145 Å². The third kappa shape index (κ3) is 3.08. The second-order valence-corrected chi connectivity index (χ2v) is 6.39. The van der Waals surface area contributed by atoms with E-state index in [0.717, 1.165) is 29.1 Å². The molecule has 1 atom stereocenters. The first-order valence-corrected chi connectivity index (χ1v) is 8.42. The van der Waals surface area contributed by atoms with Crippen molar-refractivity contribution < 1.29 is 4.74 Å². The molecular weight excluding hydrogens is 318 g/mol. The van der Waals surface area contributed by atoms with Crippen molar-refractivity contribution in [2.45, 2.75) is 19.5 Å². The summed E-state index contributed by atoms with van der Waals surface area (Å²) >= 11 is 0. The number of para-hydroxylation sites is 2. The number of rotatable bonds is 3. The number of morpholine rings is 1. The van der Waals surface area contributed by atoms with Crippen molar-refractivity contribution in [2.75, 3.05) is 19.8 Å². The Hall–Kier alpha value is -2.51. The number of aromatic amines is 1. The van der Waals surface area contributed by atoms with Crippen molar-refractivity contribution in [2.24, 2.45) is 7.05 Å². The first-order valence-electron chi connectivity index (χ1n) is 8.42. The molecule has 1 N–H and O–H groups in total. The molecule has 1 aromatic carbocycles. The van der Waals surface area contributed by atoms with Crippen LogP contribution in [0.4, 0.5) is 0 Å². The van der Waals surface area contributed by atoms with Crippen LogP contribution in [0.1, 0.15) is 23.4 Å². The van der Waals surface area contributed by atoms with Crippen LogP contribution in [0.15, 0.2) is 35.1 Å². The van der Waals surface area contributed by atoms with Gasteiger partial charge in [0, 0.05) is 19.7 Å². The lowest BCUT2D eigenvalue weighted by atomic mass is 10.1. The van der Waals surface area contributed by atoms with E-state index in [0.29, 0.717) is 25.6 Å². The minimum absolute atomic E-state index is 0.0467. The molecule has 25 heavy (non-hydrogen) atoms. The summed E-state index contributed by atoms with van der Waals surface area (Å²) in [7, 11) is 2.04. The van der Waals surface area contributed by atoms with Crippen molar-refractivity contribution in [1.82, 2.24) is 24.4 Å². The van der Waals surface area contributed by atoms with Crippen LogP contribution in [0.5, 0.6) is 0 Å². The number of ether oxygens (including phenoxy) is 1. The highest BCUT2D eigenvalue weighted by atomic mass is 16.5. The second kappa shape index (κ2) is 6.42. The second-order valence-electron chi connectivity index (χ2n) is 6.39. The topological polar surface area (TPSA) is 76.0 Å². The molecule has 3 aromatic rings. The fourth-order valence-corrected chi connectivity index (χ4v) is 3.39. The molecule has 0 spiro atoms. The van der Waals surface area contributed by atoms with E-state index in [4.69, 9.17) is 9.72 Å². The molecule has 7 nitrogen and oxygen atoms in total. The lowest BCUT2D eigenvalue weighted by molar-refractivity contribution is -0.0157. The number of imidazole rings is 1. The molecule has 7 heteroatoms. The van der Waals surface area contributed by atoms with E-state index in [1.165, 1.54) is 0 Å². The maximum absolute atomic E-state index is 11.8. The van der Waals surface area contributed by atoms with Gasteiger partial charge in [0.25, 0.3) is 5.56 Å². The Bertz CT molecular complexity index is 961. The zero-order valence-electron chi connectivity index (χ0n) is 14.4. The Balaban J connectivity index is 1.66. The largest absolute Gasteiger partial charge is 0.378 e. The van der Waals surface area contributed by atoms with Crippen molar-refractivity contribution >= 4 is 11.0 Å². The van der Waals surface area contributed by atoms with E-state index in [9.17, 15) is 4.79 Å². The number of fused-ring (bicyclic) bond motifs is 1. The average Bonchev–Trinajstić information content (AvgIpc) is 2.91. The fourth-order valence-electron chi connectivity index (χ4n) is 3.39. The molecule has 0 bridgehead atoms. The van der Waals surface area contributed by atoms with E-state index in [1.807, 2.05) is 25.2 Å². The van der Waals surface area contributed by atoms with Crippen molar-refractivity contribution in [3.8, 4) is 0 Å². The monoisotopic (exact) mass is 339 g/mol. The smallest absolute Gasteiger partial charge is 0.251 e. The van der Waals surface area contributed by atoms with Crippen molar-refractivity contribution in [1.29, 1.82) is 0 Å². The highest BCUT2D eigenvalue weighted by Gasteiger charge is 2.27. The SMILES string of the molecule is Cc1nc([C@H]2COCCN2Cc2nc3ccccc3n2C)cc(=O)[nH]1. The molecule has 0 aliphatic carbocycles. The molecule has 1 aliphatic heterocycles. The lowest BCUT2D eigenvalue weighted by Gasteiger charge is -2.34. The van der Waals surface area contributed by atoms with Gasteiger partial charge in [-0.3, -0.25) is 9.69 Å². The summed E-state index contributed by atoms with van der Waals surface area (Å²) in [6.07, 6.45) is 0. The summed E-state index contributed by atoms with van der Waals surface area (Å²) < 4.78 is 7.78. The Morgan fingerprint density at radius 1 is 1.32 bits per heavy atom. The predicted octanol–water partition coefficient (Wildman–Crippen LogP) is 1.54. The molecule has 3 heterocycles. The number of benzene rings is 1. The van der Waals surface area contributed by atoms with Crippen LogP contribution >= 0.6 is 0 Å². The molecular formula is C18H21N5O2. The summed E-state index contributed by atoms with van der Waals surface area (Å²) in [6.45, 7) is 4.46. The van der Waals surface area contributed by atoms with Gasteiger partial charge in [-0.05, 0) is 19.1 Å². The highest BCUT2D eigenvalue weighted by molar-refractivity contribution is 5.75. The van der Waals surface area contributed by atoms with Gasteiger partial charge in [-0.1, -0.05) is 12.1 Å². The number of hydrogen-bond donors (Lipinski definition) is 1. The van der Waals surface area contributed by atoms with Crippen LogP contribution in [-0.4, -0.2) is 44.2 Å². The molecule has 0 unspecified atom stereocenters. The summed E-state index contributed by atoms with van der Waals surface area (Å²) in [4.78, 5) is 26.1. The predicted molar refractivity (Wildman–Crippen MR) is 94.3 cm³/mol. The van der Waals surface area contributed by atoms with Gasteiger partial charge in [-0.2, -0.15) is 0 Å². The van der Waals surface area contributed by atoms with Crippen LogP contribution in [0.25, 0.3) is 11.0 Å². The minimum Gasteiger partial charge on any atom is -0.378 e.